The van der Waals surface area contributed by atoms with Crippen molar-refractivity contribution >= 4 is 22.2 Å². The molecule has 0 amide bonds. The first-order chi connectivity index (χ1) is 20.8. The number of allylic oxidation sites excluding steroid dienone is 13. The minimum atomic E-state index is 0.339. The Morgan fingerprint density at radius 2 is 1.60 bits per heavy atom. The van der Waals surface area contributed by atoms with Gasteiger partial charge in [0.15, 0.2) is 0 Å². The van der Waals surface area contributed by atoms with Gasteiger partial charge in [-0.15, -0.1) is 0 Å². The van der Waals surface area contributed by atoms with Crippen LogP contribution < -0.4 is 0 Å². The molecular formula is C40H34N2. The number of benzene rings is 3. The third kappa shape index (κ3) is 4.13. The van der Waals surface area contributed by atoms with Crippen LogP contribution in [-0.2, 0) is 0 Å². The monoisotopic (exact) mass is 542 g/mol. The van der Waals surface area contributed by atoms with Crippen molar-refractivity contribution in [3.05, 3.63) is 167 Å². The van der Waals surface area contributed by atoms with E-state index >= 15 is 0 Å². The molecule has 8 rings (SSSR count). The molecule has 4 aliphatic rings. The van der Waals surface area contributed by atoms with Crippen molar-refractivity contribution in [2.75, 3.05) is 0 Å². The van der Waals surface area contributed by atoms with Gasteiger partial charge in [0.1, 0.15) is 5.82 Å². The standard InChI is InChI=1S/C40H34N2/c1-27-20-25-34-35(26-27)39(33-17-9-8-16-32(33)38(34)28-12-4-2-5-13-28)29-21-23-31(24-22-29)42-37-19-11-10-18-36(37)41-40(42)30-14-6-3-7-15-30/h2-4,6,8-12,14,16-26,34,38H,5,7,13,15H2,1H3. The van der Waals surface area contributed by atoms with E-state index in [1.807, 2.05) is 0 Å². The second-order valence-corrected chi connectivity index (χ2v) is 11.8. The van der Waals surface area contributed by atoms with Crippen molar-refractivity contribution in [1.29, 1.82) is 0 Å². The van der Waals surface area contributed by atoms with Crippen LogP contribution >= 0.6 is 0 Å². The fraction of sp³-hybridized carbons (Fsp3) is 0.175. The first kappa shape index (κ1) is 25.1. The van der Waals surface area contributed by atoms with Crippen LogP contribution in [0.5, 0.6) is 0 Å². The van der Waals surface area contributed by atoms with Crippen LogP contribution in [0.15, 0.2) is 144 Å². The third-order valence-electron chi connectivity index (χ3n) is 9.24. The minimum absolute atomic E-state index is 0.339. The van der Waals surface area contributed by atoms with Crippen molar-refractivity contribution in [3.8, 4) is 5.69 Å². The number of rotatable bonds is 4. The molecule has 0 saturated heterocycles. The summed E-state index contributed by atoms with van der Waals surface area (Å²) < 4.78 is 2.34. The molecule has 0 spiro atoms. The van der Waals surface area contributed by atoms with Crippen LogP contribution in [0.3, 0.4) is 0 Å². The van der Waals surface area contributed by atoms with Crippen molar-refractivity contribution in [2.45, 2.75) is 38.5 Å². The van der Waals surface area contributed by atoms with E-state index in [1.54, 1.807) is 5.57 Å². The fourth-order valence-electron chi connectivity index (χ4n) is 7.32. The number of fused-ring (bicyclic) bond motifs is 3. The summed E-state index contributed by atoms with van der Waals surface area (Å²) in [6.07, 6.45) is 25.1. The van der Waals surface area contributed by atoms with Gasteiger partial charge in [0.2, 0.25) is 0 Å². The van der Waals surface area contributed by atoms with Gasteiger partial charge in [0, 0.05) is 17.5 Å². The summed E-state index contributed by atoms with van der Waals surface area (Å²) >= 11 is 0. The number of nitrogens with zero attached hydrogens (tertiary/aromatic N) is 2. The molecule has 2 heteroatoms. The molecule has 42 heavy (non-hydrogen) atoms. The Morgan fingerprint density at radius 3 is 2.40 bits per heavy atom. The summed E-state index contributed by atoms with van der Waals surface area (Å²) in [5.74, 6) is 1.76. The van der Waals surface area contributed by atoms with E-state index in [2.05, 4.69) is 139 Å². The average Bonchev–Trinajstić information content (AvgIpc) is 3.44. The van der Waals surface area contributed by atoms with E-state index in [0.29, 0.717) is 11.8 Å². The largest absolute Gasteiger partial charge is 0.293 e. The Balaban J connectivity index is 1.28. The van der Waals surface area contributed by atoms with E-state index in [4.69, 9.17) is 4.98 Å². The van der Waals surface area contributed by atoms with Gasteiger partial charge in [-0.25, -0.2) is 4.98 Å². The van der Waals surface area contributed by atoms with E-state index in [9.17, 15) is 0 Å². The fourth-order valence-corrected chi connectivity index (χ4v) is 7.32. The van der Waals surface area contributed by atoms with Gasteiger partial charge in [-0.05, 0) is 90.3 Å². The van der Waals surface area contributed by atoms with E-state index < -0.39 is 0 Å². The zero-order valence-electron chi connectivity index (χ0n) is 24.0. The first-order valence-corrected chi connectivity index (χ1v) is 15.3. The van der Waals surface area contributed by atoms with Crippen LogP contribution in [0.2, 0.25) is 0 Å². The lowest BCUT2D eigenvalue weighted by molar-refractivity contribution is 0.610. The number of aromatic nitrogens is 2. The van der Waals surface area contributed by atoms with Crippen LogP contribution in [0, 0.1) is 5.92 Å². The second kappa shape index (κ2) is 10.3. The first-order valence-electron chi connectivity index (χ1n) is 15.3. The molecule has 2 nitrogen and oxygen atoms in total. The summed E-state index contributed by atoms with van der Waals surface area (Å²) in [6.45, 7) is 2.22. The van der Waals surface area contributed by atoms with E-state index in [1.165, 1.54) is 39.0 Å². The summed E-state index contributed by atoms with van der Waals surface area (Å²) in [4.78, 5) is 5.10. The average molecular weight is 543 g/mol. The van der Waals surface area contributed by atoms with Gasteiger partial charge >= 0.3 is 0 Å². The van der Waals surface area contributed by atoms with Gasteiger partial charge in [0.25, 0.3) is 0 Å². The minimum Gasteiger partial charge on any atom is -0.293 e. The predicted octanol–water partition coefficient (Wildman–Crippen LogP) is 10.1. The molecule has 204 valence electrons. The van der Waals surface area contributed by atoms with Crippen LogP contribution in [0.4, 0.5) is 0 Å². The lowest BCUT2D eigenvalue weighted by Gasteiger charge is -2.38. The van der Waals surface area contributed by atoms with Gasteiger partial charge in [-0.1, -0.05) is 114 Å². The zero-order valence-corrected chi connectivity index (χ0v) is 24.0. The molecule has 0 radical (unpaired) electrons. The van der Waals surface area contributed by atoms with Crippen LogP contribution in [0.25, 0.3) is 27.9 Å². The molecule has 3 aromatic carbocycles. The van der Waals surface area contributed by atoms with Crippen LogP contribution in [-0.4, -0.2) is 9.55 Å². The Labute approximate surface area is 248 Å². The summed E-state index contributed by atoms with van der Waals surface area (Å²) in [5, 5.41) is 0. The number of hydrogen-bond acceptors (Lipinski definition) is 1. The molecule has 2 unspecified atom stereocenters. The van der Waals surface area contributed by atoms with Crippen molar-refractivity contribution in [3.63, 3.8) is 0 Å². The lowest BCUT2D eigenvalue weighted by atomic mass is 9.65. The smallest absolute Gasteiger partial charge is 0.141 e. The Kier molecular flexibility index (Phi) is 6.14. The Hall–Kier alpha value is -4.69. The summed E-state index contributed by atoms with van der Waals surface area (Å²) in [6, 6.07) is 26.8. The maximum atomic E-state index is 5.10. The topological polar surface area (TPSA) is 17.8 Å². The maximum absolute atomic E-state index is 5.10. The van der Waals surface area contributed by atoms with Crippen LogP contribution in [0.1, 0.15) is 61.0 Å². The molecule has 0 N–H and O–H groups in total. The SMILES string of the molecule is CC1=CC2=C(c3ccc(-n4c(C5=CC=CCC5)nc5ccccc54)cc3)c3ccccc3C(C3=CC=CCC3)C2C=C1. The highest BCUT2D eigenvalue weighted by Gasteiger charge is 2.36. The molecule has 0 fully saturated rings. The molecule has 1 heterocycles. The van der Waals surface area contributed by atoms with Gasteiger partial charge in [-0.2, -0.15) is 0 Å². The lowest BCUT2D eigenvalue weighted by Crippen LogP contribution is -2.24. The number of hydrogen-bond donors (Lipinski definition) is 0. The highest BCUT2D eigenvalue weighted by Crippen LogP contribution is 2.51. The van der Waals surface area contributed by atoms with Gasteiger partial charge in [-0.3, -0.25) is 4.57 Å². The normalized spacial score (nSPS) is 21.1. The molecule has 4 aromatic rings. The molecule has 0 saturated carbocycles. The van der Waals surface area contributed by atoms with E-state index in [-0.39, 0.29) is 0 Å². The Bertz CT molecular complexity index is 1930. The van der Waals surface area contributed by atoms with Crippen molar-refractivity contribution in [2.24, 2.45) is 5.92 Å². The molecular weight excluding hydrogens is 508 g/mol. The van der Waals surface area contributed by atoms with Gasteiger partial charge in [0.05, 0.1) is 11.0 Å². The highest BCUT2D eigenvalue weighted by atomic mass is 15.1. The zero-order chi connectivity index (χ0) is 28.0. The predicted molar refractivity (Wildman–Crippen MR) is 175 cm³/mol. The molecule has 0 aliphatic heterocycles. The summed E-state index contributed by atoms with van der Waals surface area (Å²) in [5.41, 5.74) is 14.4. The third-order valence-corrected chi connectivity index (χ3v) is 9.24. The van der Waals surface area contributed by atoms with Crippen molar-refractivity contribution in [1.82, 2.24) is 9.55 Å². The molecule has 1 aromatic heterocycles. The molecule has 0 bridgehead atoms. The number of para-hydroxylation sites is 2. The number of imidazole rings is 1. The summed E-state index contributed by atoms with van der Waals surface area (Å²) in [7, 11) is 0. The van der Waals surface area contributed by atoms with Crippen molar-refractivity contribution < 1.29 is 0 Å². The Morgan fingerprint density at radius 1 is 0.810 bits per heavy atom. The second-order valence-electron chi connectivity index (χ2n) is 11.8. The highest BCUT2D eigenvalue weighted by molar-refractivity contribution is 5.89. The van der Waals surface area contributed by atoms with Gasteiger partial charge < -0.3 is 0 Å². The maximum Gasteiger partial charge on any atom is 0.141 e. The van der Waals surface area contributed by atoms with E-state index in [0.717, 1.165) is 48.2 Å². The quantitative estimate of drug-likeness (QED) is 0.251. The molecule has 4 aliphatic carbocycles. The molecule has 2 atom stereocenters.